The van der Waals surface area contributed by atoms with Crippen LogP contribution in [0.15, 0.2) is 30.6 Å². The van der Waals surface area contributed by atoms with Crippen LogP contribution >= 0.6 is 11.6 Å². The fourth-order valence-corrected chi connectivity index (χ4v) is 5.40. The summed E-state index contributed by atoms with van der Waals surface area (Å²) in [5.41, 5.74) is 12.6. The van der Waals surface area contributed by atoms with E-state index in [1.807, 2.05) is 32.2 Å². The first-order chi connectivity index (χ1) is 15.4. The van der Waals surface area contributed by atoms with Crippen LogP contribution in [0.5, 0.6) is 0 Å². The topological polar surface area (TPSA) is 101 Å². The van der Waals surface area contributed by atoms with Gasteiger partial charge < -0.3 is 15.7 Å². The molecule has 0 bridgehead atoms. The van der Waals surface area contributed by atoms with E-state index in [0.717, 1.165) is 60.8 Å². The van der Waals surface area contributed by atoms with E-state index in [1.165, 1.54) is 5.56 Å². The van der Waals surface area contributed by atoms with Gasteiger partial charge in [-0.1, -0.05) is 17.7 Å². The van der Waals surface area contributed by atoms with Crippen molar-refractivity contribution in [3.05, 3.63) is 64.0 Å². The predicted molar refractivity (Wildman–Crippen MR) is 124 cm³/mol. The summed E-state index contributed by atoms with van der Waals surface area (Å²) in [6.45, 7) is 5.24. The zero-order valence-electron chi connectivity index (χ0n) is 18.3. The minimum atomic E-state index is -0.187. The number of piperidine rings is 1. The number of aromatic nitrogens is 4. The summed E-state index contributed by atoms with van der Waals surface area (Å²) in [6.07, 6.45) is 6.39. The number of aryl methyl sites for hydroxylation is 2. The van der Waals surface area contributed by atoms with Crippen molar-refractivity contribution in [1.82, 2.24) is 19.9 Å². The van der Waals surface area contributed by atoms with Gasteiger partial charge in [-0.15, -0.1) is 0 Å². The van der Waals surface area contributed by atoms with E-state index < -0.39 is 0 Å². The monoisotopic (exact) mass is 450 g/mol. The van der Waals surface area contributed by atoms with Crippen molar-refractivity contribution in [2.24, 2.45) is 11.1 Å². The van der Waals surface area contributed by atoms with Gasteiger partial charge in [0.2, 0.25) is 0 Å². The maximum atomic E-state index is 10.1. The van der Waals surface area contributed by atoms with E-state index in [1.54, 1.807) is 6.20 Å². The molecule has 1 saturated heterocycles. The second kappa shape index (κ2) is 8.06. The number of pyridine rings is 2. The van der Waals surface area contributed by atoms with E-state index >= 15 is 0 Å². The van der Waals surface area contributed by atoms with Gasteiger partial charge in [0.25, 0.3) is 0 Å². The summed E-state index contributed by atoms with van der Waals surface area (Å²) in [4.78, 5) is 20.7. The highest BCUT2D eigenvalue weighted by molar-refractivity contribution is 6.33. The third-order valence-corrected chi connectivity index (χ3v) is 7.57. The highest BCUT2D eigenvalue weighted by Crippen LogP contribution is 2.50. The Morgan fingerprint density at radius 1 is 1.12 bits per heavy atom. The first kappa shape index (κ1) is 21.2. The van der Waals surface area contributed by atoms with Crippen LogP contribution in [0.4, 0.5) is 5.82 Å². The van der Waals surface area contributed by atoms with Crippen molar-refractivity contribution < 1.29 is 5.11 Å². The van der Waals surface area contributed by atoms with E-state index in [0.29, 0.717) is 16.4 Å². The van der Waals surface area contributed by atoms with E-state index in [2.05, 4.69) is 20.9 Å². The largest absolute Gasteiger partial charge is 0.390 e. The minimum Gasteiger partial charge on any atom is -0.390 e. The van der Waals surface area contributed by atoms with Crippen LogP contribution in [0.1, 0.15) is 47.2 Å². The molecular weight excluding hydrogens is 424 g/mol. The van der Waals surface area contributed by atoms with Crippen LogP contribution in [0.25, 0.3) is 11.3 Å². The van der Waals surface area contributed by atoms with E-state index in [4.69, 9.17) is 27.3 Å². The van der Waals surface area contributed by atoms with Crippen LogP contribution < -0.4 is 10.6 Å². The maximum absolute atomic E-state index is 10.1. The molecule has 0 radical (unpaired) electrons. The van der Waals surface area contributed by atoms with E-state index in [9.17, 15) is 5.11 Å². The number of aliphatic hydroxyl groups is 1. The molecular formula is C24H27ClN6O. The molecule has 3 N–H and O–H groups in total. The number of anilines is 1. The SMILES string of the molecule is Cc1nc(N2CCC3(CC2)Cc2ncccc2[C@H]3N)c(CO)nc1-c1ccnc(C)c1Cl. The van der Waals surface area contributed by atoms with Crippen molar-refractivity contribution in [2.75, 3.05) is 18.0 Å². The summed E-state index contributed by atoms with van der Waals surface area (Å²) >= 11 is 6.48. The Kier molecular flexibility index (Phi) is 5.35. The van der Waals surface area contributed by atoms with Crippen molar-refractivity contribution >= 4 is 17.4 Å². The van der Waals surface area contributed by atoms with Gasteiger partial charge in [0.15, 0.2) is 5.82 Å². The van der Waals surface area contributed by atoms with E-state index in [-0.39, 0.29) is 18.1 Å². The molecule has 2 aliphatic rings. The Bertz CT molecular complexity index is 1180. The molecule has 8 heteroatoms. The normalized spacial score (nSPS) is 19.4. The summed E-state index contributed by atoms with van der Waals surface area (Å²) in [5, 5.41) is 10.7. The lowest BCUT2D eigenvalue weighted by Crippen LogP contribution is -2.45. The standard InChI is InChI=1S/C24H27ClN6O/c1-14-20(25)17(5-9-27-14)21-15(2)29-23(19(13-32)30-21)31-10-6-24(7-11-31)12-18-16(22(24)26)4-3-8-28-18/h3-5,8-9,22,32H,6-7,10-13,26H2,1-2H3/t22-/m1/s1. The smallest absolute Gasteiger partial charge is 0.153 e. The van der Waals surface area contributed by atoms with Crippen LogP contribution in [-0.2, 0) is 13.0 Å². The maximum Gasteiger partial charge on any atom is 0.153 e. The second-order valence-electron chi connectivity index (χ2n) is 8.89. The molecule has 1 aliphatic heterocycles. The molecule has 0 amide bonds. The summed E-state index contributed by atoms with van der Waals surface area (Å²) in [6, 6.07) is 5.93. The first-order valence-electron chi connectivity index (χ1n) is 11.0. The molecule has 4 heterocycles. The third-order valence-electron chi connectivity index (χ3n) is 7.09. The molecule has 7 nitrogen and oxygen atoms in total. The highest BCUT2D eigenvalue weighted by atomic mass is 35.5. The number of hydrogen-bond donors (Lipinski definition) is 2. The van der Waals surface area contributed by atoms with Crippen molar-refractivity contribution in [2.45, 2.75) is 45.8 Å². The summed E-state index contributed by atoms with van der Waals surface area (Å²) in [7, 11) is 0. The second-order valence-corrected chi connectivity index (χ2v) is 9.27. The molecule has 1 spiro atoms. The number of rotatable bonds is 3. The first-order valence-corrected chi connectivity index (χ1v) is 11.4. The Hall–Kier alpha value is -2.61. The molecule has 3 aromatic heterocycles. The van der Waals surface area contributed by atoms with Gasteiger partial charge >= 0.3 is 0 Å². The summed E-state index contributed by atoms with van der Waals surface area (Å²) in [5.74, 6) is 0.743. The number of halogens is 1. The van der Waals surface area contributed by atoms with Gasteiger partial charge in [-0.05, 0) is 56.2 Å². The van der Waals surface area contributed by atoms with Gasteiger partial charge in [-0.2, -0.15) is 0 Å². The van der Waals surface area contributed by atoms with Gasteiger partial charge in [0, 0.05) is 42.8 Å². The average Bonchev–Trinajstić information content (AvgIpc) is 3.07. The van der Waals surface area contributed by atoms with Crippen LogP contribution in [0, 0.1) is 19.3 Å². The molecule has 3 aromatic rings. The van der Waals surface area contributed by atoms with Crippen LogP contribution in [0.3, 0.4) is 0 Å². The van der Waals surface area contributed by atoms with Crippen molar-refractivity contribution in [3.63, 3.8) is 0 Å². The Balaban J connectivity index is 1.42. The van der Waals surface area contributed by atoms with Gasteiger partial charge in [-0.3, -0.25) is 9.97 Å². The predicted octanol–water partition coefficient (Wildman–Crippen LogP) is 3.54. The average molecular weight is 451 g/mol. The Labute approximate surface area is 192 Å². The van der Waals surface area contributed by atoms with Gasteiger partial charge in [0.05, 0.1) is 28.7 Å². The van der Waals surface area contributed by atoms with Gasteiger partial charge in [-0.25, -0.2) is 9.97 Å². The van der Waals surface area contributed by atoms with Crippen molar-refractivity contribution in [3.8, 4) is 11.3 Å². The minimum absolute atomic E-state index is 0.0120. The lowest BCUT2D eigenvalue weighted by Gasteiger charge is -2.42. The molecule has 0 aromatic carbocycles. The zero-order chi connectivity index (χ0) is 22.5. The van der Waals surface area contributed by atoms with Crippen molar-refractivity contribution in [1.29, 1.82) is 0 Å². The quantitative estimate of drug-likeness (QED) is 0.629. The molecule has 1 fully saturated rings. The third kappa shape index (κ3) is 3.36. The summed E-state index contributed by atoms with van der Waals surface area (Å²) < 4.78 is 0. The number of nitrogens with two attached hydrogens (primary N) is 1. The molecule has 1 atom stereocenters. The lowest BCUT2D eigenvalue weighted by atomic mass is 9.73. The van der Waals surface area contributed by atoms with Crippen LogP contribution in [0.2, 0.25) is 5.02 Å². The number of hydrogen-bond acceptors (Lipinski definition) is 7. The molecule has 166 valence electrons. The Morgan fingerprint density at radius 2 is 1.91 bits per heavy atom. The highest BCUT2D eigenvalue weighted by Gasteiger charge is 2.46. The zero-order valence-corrected chi connectivity index (χ0v) is 19.1. The van der Waals surface area contributed by atoms with Gasteiger partial charge in [0.1, 0.15) is 5.69 Å². The molecule has 0 saturated carbocycles. The molecule has 0 unspecified atom stereocenters. The fraction of sp³-hybridized carbons (Fsp3) is 0.417. The number of nitrogens with zero attached hydrogens (tertiary/aromatic N) is 5. The molecule has 32 heavy (non-hydrogen) atoms. The lowest BCUT2D eigenvalue weighted by molar-refractivity contribution is 0.186. The molecule has 1 aliphatic carbocycles. The van der Waals surface area contributed by atoms with Crippen LogP contribution in [-0.4, -0.2) is 38.1 Å². The molecule has 5 rings (SSSR count). The number of fused-ring (bicyclic) bond motifs is 1. The number of aliphatic hydroxyl groups excluding tert-OH is 1. The Morgan fingerprint density at radius 3 is 2.62 bits per heavy atom. The fourth-order valence-electron chi connectivity index (χ4n) is 5.19.